The van der Waals surface area contributed by atoms with Gasteiger partial charge in [-0.15, -0.1) is 0 Å². The summed E-state index contributed by atoms with van der Waals surface area (Å²) in [5.74, 6) is 0. The van der Waals surface area contributed by atoms with Crippen LogP contribution in [0.5, 0.6) is 0 Å². The van der Waals surface area contributed by atoms with Crippen molar-refractivity contribution in [2.75, 3.05) is 0 Å². The van der Waals surface area contributed by atoms with Gasteiger partial charge in [0, 0.05) is 18.4 Å². The number of imidazole rings is 1. The van der Waals surface area contributed by atoms with Crippen molar-refractivity contribution in [2.24, 2.45) is 7.05 Å². The molecule has 0 aliphatic heterocycles. The smallest absolute Gasteiger partial charge is 0.328 e. The van der Waals surface area contributed by atoms with Crippen LogP contribution >= 0.6 is 0 Å². The van der Waals surface area contributed by atoms with Crippen molar-refractivity contribution in [1.29, 1.82) is 0 Å². The van der Waals surface area contributed by atoms with Crippen LogP contribution in [0.3, 0.4) is 0 Å². The Kier molecular flexibility index (Phi) is 2.58. The van der Waals surface area contributed by atoms with E-state index in [4.69, 9.17) is 0 Å². The zero-order valence-corrected chi connectivity index (χ0v) is 9.46. The first-order chi connectivity index (χ1) is 6.24. The van der Waals surface area contributed by atoms with Gasteiger partial charge >= 0.3 is 5.69 Å². The summed E-state index contributed by atoms with van der Waals surface area (Å²) in [6.07, 6.45) is 0. The lowest BCUT2D eigenvalue weighted by atomic mass is 10.1. The summed E-state index contributed by atoms with van der Waals surface area (Å²) in [6.45, 7) is 7.52. The Morgan fingerprint density at radius 3 is 2.07 bits per heavy atom. The van der Waals surface area contributed by atoms with Crippen molar-refractivity contribution in [3.63, 3.8) is 0 Å². The fraction of sp³-hybridized carbons (Fsp3) is 0.700. The molecule has 80 valence electrons. The molecule has 0 amide bonds. The highest BCUT2D eigenvalue weighted by atomic mass is 16.3. The first-order valence-corrected chi connectivity index (χ1v) is 4.69. The predicted molar refractivity (Wildman–Crippen MR) is 55.4 cm³/mol. The molecule has 1 aromatic heterocycles. The second-order valence-corrected chi connectivity index (χ2v) is 4.41. The van der Waals surface area contributed by atoms with Gasteiger partial charge in [-0.05, 0) is 27.7 Å². The van der Waals surface area contributed by atoms with E-state index >= 15 is 0 Å². The molecule has 0 atom stereocenters. The molecule has 14 heavy (non-hydrogen) atoms. The van der Waals surface area contributed by atoms with Crippen molar-refractivity contribution in [3.05, 3.63) is 21.9 Å². The van der Waals surface area contributed by atoms with Crippen LogP contribution in [0.2, 0.25) is 0 Å². The van der Waals surface area contributed by atoms with Crippen LogP contribution in [0, 0.1) is 13.8 Å². The largest absolute Gasteiger partial charge is 0.389 e. The maximum Gasteiger partial charge on any atom is 0.328 e. The molecular weight excluding hydrogens is 180 g/mol. The Labute approximate surface area is 83.8 Å². The van der Waals surface area contributed by atoms with E-state index in [1.165, 1.54) is 0 Å². The van der Waals surface area contributed by atoms with Crippen LogP contribution in [0.1, 0.15) is 25.2 Å². The SMILES string of the molecule is Cc1c(C)n(CC(C)(C)O)c(=O)n1C. The van der Waals surface area contributed by atoms with Gasteiger partial charge in [-0.1, -0.05) is 0 Å². The highest BCUT2D eigenvalue weighted by molar-refractivity contribution is 5.11. The Bertz CT molecular complexity index is 393. The fourth-order valence-electron chi connectivity index (χ4n) is 1.48. The first kappa shape index (κ1) is 11.0. The van der Waals surface area contributed by atoms with E-state index in [0.717, 1.165) is 11.4 Å². The lowest BCUT2D eigenvalue weighted by Crippen LogP contribution is -2.33. The molecule has 0 spiro atoms. The van der Waals surface area contributed by atoms with Gasteiger partial charge in [0.2, 0.25) is 0 Å². The molecule has 0 unspecified atom stereocenters. The van der Waals surface area contributed by atoms with E-state index in [2.05, 4.69) is 0 Å². The minimum Gasteiger partial charge on any atom is -0.389 e. The normalized spacial score (nSPS) is 12.1. The van der Waals surface area contributed by atoms with E-state index in [1.807, 2.05) is 13.8 Å². The molecule has 0 saturated carbocycles. The van der Waals surface area contributed by atoms with Gasteiger partial charge in [0.25, 0.3) is 0 Å². The van der Waals surface area contributed by atoms with Gasteiger partial charge in [0.05, 0.1) is 12.1 Å². The zero-order valence-electron chi connectivity index (χ0n) is 9.46. The van der Waals surface area contributed by atoms with Crippen molar-refractivity contribution in [2.45, 2.75) is 39.8 Å². The third kappa shape index (κ3) is 1.90. The molecule has 4 nitrogen and oxygen atoms in total. The molecule has 0 fully saturated rings. The monoisotopic (exact) mass is 198 g/mol. The Morgan fingerprint density at radius 2 is 1.79 bits per heavy atom. The molecule has 1 aromatic rings. The summed E-state index contributed by atoms with van der Waals surface area (Å²) in [4.78, 5) is 11.7. The molecule has 0 radical (unpaired) electrons. The van der Waals surface area contributed by atoms with Crippen molar-refractivity contribution >= 4 is 0 Å². The van der Waals surface area contributed by atoms with Crippen LogP contribution in [0.25, 0.3) is 0 Å². The molecule has 1 N–H and O–H groups in total. The third-order valence-corrected chi connectivity index (χ3v) is 2.49. The first-order valence-electron chi connectivity index (χ1n) is 4.69. The molecule has 0 saturated heterocycles. The minimum atomic E-state index is -0.859. The maximum absolute atomic E-state index is 11.7. The van der Waals surface area contributed by atoms with Crippen LogP contribution in [0.4, 0.5) is 0 Å². The van der Waals surface area contributed by atoms with Gasteiger partial charge < -0.3 is 5.11 Å². The summed E-state index contributed by atoms with van der Waals surface area (Å²) >= 11 is 0. The quantitative estimate of drug-likeness (QED) is 0.755. The summed E-state index contributed by atoms with van der Waals surface area (Å²) in [5.41, 5.74) is 0.934. The zero-order chi connectivity index (χ0) is 11.1. The van der Waals surface area contributed by atoms with Crippen LogP contribution in [-0.2, 0) is 13.6 Å². The minimum absolute atomic E-state index is 0.0675. The molecule has 1 rings (SSSR count). The van der Waals surface area contributed by atoms with Crippen LogP contribution in [0.15, 0.2) is 4.79 Å². The lowest BCUT2D eigenvalue weighted by molar-refractivity contribution is 0.0598. The van der Waals surface area contributed by atoms with Crippen LogP contribution < -0.4 is 5.69 Å². The van der Waals surface area contributed by atoms with Gasteiger partial charge in [-0.25, -0.2) is 4.79 Å². The highest BCUT2D eigenvalue weighted by Crippen LogP contribution is 2.09. The molecule has 0 bridgehead atoms. The number of hydrogen-bond donors (Lipinski definition) is 1. The summed E-state index contributed by atoms with van der Waals surface area (Å²) in [6, 6.07) is 0. The van der Waals surface area contributed by atoms with Gasteiger partial charge in [-0.2, -0.15) is 0 Å². The molecular formula is C10H18N2O2. The number of aromatic nitrogens is 2. The van der Waals surface area contributed by atoms with E-state index in [-0.39, 0.29) is 5.69 Å². The molecule has 0 aliphatic rings. The van der Waals surface area contributed by atoms with Crippen molar-refractivity contribution < 1.29 is 5.11 Å². The molecule has 1 heterocycles. The molecule has 4 heteroatoms. The lowest BCUT2D eigenvalue weighted by Gasteiger charge is -2.17. The molecule has 0 aromatic carbocycles. The summed E-state index contributed by atoms with van der Waals surface area (Å²) in [7, 11) is 1.74. The second kappa shape index (κ2) is 3.28. The van der Waals surface area contributed by atoms with E-state index in [0.29, 0.717) is 6.54 Å². The van der Waals surface area contributed by atoms with Crippen LogP contribution in [-0.4, -0.2) is 19.8 Å². The molecule has 0 aliphatic carbocycles. The van der Waals surface area contributed by atoms with E-state index in [9.17, 15) is 9.90 Å². The van der Waals surface area contributed by atoms with Gasteiger partial charge in [0.1, 0.15) is 0 Å². The topological polar surface area (TPSA) is 47.2 Å². The van der Waals surface area contributed by atoms with E-state index in [1.54, 1.807) is 30.0 Å². The maximum atomic E-state index is 11.7. The average molecular weight is 198 g/mol. The van der Waals surface area contributed by atoms with E-state index < -0.39 is 5.60 Å². The summed E-state index contributed by atoms with van der Waals surface area (Å²) in [5, 5.41) is 9.65. The Morgan fingerprint density at radius 1 is 1.29 bits per heavy atom. The van der Waals surface area contributed by atoms with Gasteiger partial charge in [0.15, 0.2) is 0 Å². The predicted octanol–water partition coefficient (Wildman–Crippen LogP) is 0.575. The van der Waals surface area contributed by atoms with Gasteiger partial charge in [-0.3, -0.25) is 9.13 Å². The number of rotatable bonds is 2. The second-order valence-electron chi connectivity index (χ2n) is 4.41. The highest BCUT2D eigenvalue weighted by Gasteiger charge is 2.18. The number of aliphatic hydroxyl groups is 1. The summed E-state index contributed by atoms with van der Waals surface area (Å²) < 4.78 is 3.20. The van der Waals surface area contributed by atoms with Crippen molar-refractivity contribution in [1.82, 2.24) is 9.13 Å². The Balaban J connectivity index is 3.23. The Hall–Kier alpha value is -1.03. The number of nitrogens with zero attached hydrogens (tertiary/aromatic N) is 2. The van der Waals surface area contributed by atoms with Crippen molar-refractivity contribution in [3.8, 4) is 0 Å². The third-order valence-electron chi connectivity index (χ3n) is 2.49. The average Bonchev–Trinajstić information content (AvgIpc) is 2.20. The number of hydrogen-bond acceptors (Lipinski definition) is 2. The standard InChI is InChI=1S/C10H18N2O2/c1-7-8(2)12(6-10(3,4)14)9(13)11(7)5/h14H,6H2,1-5H3. The fourth-order valence-corrected chi connectivity index (χ4v) is 1.48.